The van der Waals surface area contributed by atoms with Crippen LogP contribution in [0.3, 0.4) is 0 Å². The minimum absolute atomic E-state index is 0. The number of fused-ring (bicyclic) bond motifs is 1. The molecule has 1 aromatic heterocycles. The molecule has 2 heterocycles. The number of halogens is 2. The van der Waals surface area contributed by atoms with Crippen molar-refractivity contribution < 1.29 is 8.91 Å². The monoisotopic (exact) mass is 296 g/mol. The van der Waals surface area contributed by atoms with Crippen LogP contribution in [0.5, 0.6) is 0 Å². The summed E-state index contributed by atoms with van der Waals surface area (Å²) < 4.78 is 18.4. The summed E-state index contributed by atoms with van der Waals surface area (Å²) in [6, 6.07) is 4.64. The molecule has 0 spiro atoms. The van der Waals surface area contributed by atoms with Crippen LogP contribution in [0.25, 0.3) is 11.0 Å². The molecule has 0 radical (unpaired) electrons. The molecule has 3 nitrogen and oxygen atoms in total. The van der Waals surface area contributed by atoms with Crippen molar-refractivity contribution in [2.45, 2.75) is 18.8 Å². The molecule has 0 unspecified atom stereocenters. The van der Waals surface area contributed by atoms with E-state index in [0.717, 1.165) is 43.6 Å². The Morgan fingerprint density at radius 2 is 2.15 bits per heavy atom. The van der Waals surface area contributed by atoms with E-state index < -0.39 is 0 Å². The van der Waals surface area contributed by atoms with Crippen molar-refractivity contribution in [3.8, 4) is 0 Å². The number of benzene rings is 1. The first-order valence-electron chi connectivity index (χ1n) is 6.66. The van der Waals surface area contributed by atoms with Gasteiger partial charge in [0.1, 0.15) is 5.82 Å². The topological polar surface area (TPSA) is 29.3 Å². The molecule has 1 aliphatic rings. The Balaban J connectivity index is 0.00000147. The Morgan fingerprint density at radius 1 is 1.40 bits per heavy atom. The van der Waals surface area contributed by atoms with Gasteiger partial charge in [0, 0.05) is 23.9 Å². The van der Waals surface area contributed by atoms with Crippen molar-refractivity contribution in [1.29, 1.82) is 0 Å². The smallest absolute Gasteiger partial charge is 0.170 e. The van der Waals surface area contributed by atoms with Gasteiger partial charge in [0.2, 0.25) is 0 Å². The second kappa shape index (κ2) is 6.37. The van der Waals surface area contributed by atoms with Crippen molar-refractivity contribution in [2.24, 2.45) is 0 Å². The van der Waals surface area contributed by atoms with Gasteiger partial charge in [0.05, 0.1) is 5.69 Å². The van der Waals surface area contributed by atoms with Crippen molar-refractivity contribution in [3.63, 3.8) is 0 Å². The van der Waals surface area contributed by atoms with Gasteiger partial charge in [-0.3, -0.25) is 4.90 Å². The summed E-state index contributed by atoms with van der Waals surface area (Å²) in [4.78, 5) is 2.38. The average Bonchev–Trinajstić information content (AvgIpc) is 2.83. The number of hydrogen-bond acceptors (Lipinski definition) is 3. The normalized spacial score (nSPS) is 17.1. The van der Waals surface area contributed by atoms with Crippen LogP contribution in [0.4, 0.5) is 4.39 Å². The Labute approximate surface area is 123 Å². The Bertz CT molecular complexity index is 591. The lowest BCUT2D eigenvalue weighted by atomic mass is 9.91. The molecule has 1 aliphatic heterocycles. The third-order valence-electron chi connectivity index (χ3n) is 3.82. The molecule has 0 N–H and O–H groups in total. The minimum Gasteiger partial charge on any atom is -0.356 e. The third-order valence-corrected chi connectivity index (χ3v) is 3.82. The number of nitrogens with zero attached hydrogens (tertiary/aromatic N) is 2. The maximum Gasteiger partial charge on any atom is 0.170 e. The highest BCUT2D eigenvalue weighted by Gasteiger charge is 2.24. The summed E-state index contributed by atoms with van der Waals surface area (Å²) in [5.41, 5.74) is 1.52. The molecule has 108 valence electrons. The summed E-state index contributed by atoms with van der Waals surface area (Å²) in [6.45, 7) is 6.81. The molecule has 0 bridgehead atoms. The van der Waals surface area contributed by atoms with E-state index in [2.05, 4.69) is 16.6 Å². The lowest BCUT2D eigenvalue weighted by Crippen LogP contribution is -2.33. The second-order valence-corrected chi connectivity index (χ2v) is 5.07. The van der Waals surface area contributed by atoms with E-state index in [1.165, 1.54) is 12.1 Å². The minimum atomic E-state index is -0.281. The summed E-state index contributed by atoms with van der Waals surface area (Å²) in [7, 11) is 0. The number of aromatic nitrogens is 1. The second-order valence-electron chi connectivity index (χ2n) is 5.07. The fourth-order valence-electron chi connectivity index (χ4n) is 2.80. The maximum absolute atomic E-state index is 13.1. The highest BCUT2D eigenvalue weighted by atomic mass is 35.5. The van der Waals surface area contributed by atoms with E-state index in [9.17, 15) is 4.39 Å². The number of rotatable bonds is 3. The van der Waals surface area contributed by atoms with E-state index >= 15 is 0 Å². The zero-order valence-electron chi connectivity index (χ0n) is 11.2. The predicted molar refractivity (Wildman–Crippen MR) is 79.8 cm³/mol. The van der Waals surface area contributed by atoms with Gasteiger partial charge in [-0.1, -0.05) is 11.2 Å². The Morgan fingerprint density at radius 3 is 2.85 bits per heavy atom. The molecule has 0 saturated carbocycles. The van der Waals surface area contributed by atoms with Crippen LogP contribution in [0, 0.1) is 5.82 Å². The van der Waals surface area contributed by atoms with Gasteiger partial charge >= 0.3 is 0 Å². The molecular formula is C15H18ClFN2O. The fourth-order valence-corrected chi connectivity index (χ4v) is 2.80. The van der Waals surface area contributed by atoms with Crippen LogP contribution in [0.2, 0.25) is 0 Å². The fraction of sp³-hybridized carbons (Fsp3) is 0.400. The molecule has 3 rings (SSSR count). The van der Waals surface area contributed by atoms with Gasteiger partial charge in [-0.2, -0.15) is 0 Å². The third kappa shape index (κ3) is 2.86. The van der Waals surface area contributed by atoms with Crippen LogP contribution < -0.4 is 0 Å². The zero-order chi connectivity index (χ0) is 13.2. The van der Waals surface area contributed by atoms with Crippen molar-refractivity contribution in [1.82, 2.24) is 10.1 Å². The van der Waals surface area contributed by atoms with E-state index in [0.29, 0.717) is 11.5 Å². The first kappa shape index (κ1) is 15.0. The first-order valence-corrected chi connectivity index (χ1v) is 6.66. The highest BCUT2D eigenvalue weighted by molar-refractivity contribution is 5.85. The standard InChI is InChI=1S/C15H17FN2O.ClH/c1-2-7-18-8-5-11(6-9-18)15-13-4-3-12(16)10-14(13)19-17-15;/h2-4,10-11H,1,5-9H2;1H. The number of likely N-dealkylation sites (tertiary alicyclic amines) is 1. The summed E-state index contributed by atoms with van der Waals surface area (Å²) in [6.07, 6.45) is 4.06. The van der Waals surface area contributed by atoms with Gasteiger partial charge in [-0.25, -0.2) is 4.39 Å². The summed E-state index contributed by atoms with van der Waals surface area (Å²) in [5, 5.41) is 5.10. The van der Waals surface area contributed by atoms with Crippen LogP contribution in [-0.4, -0.2) is 29.7 Å². The van der Waals surface area contributed by atoms with Crippen molar-refractivity contribution in [2.75, 3.05) is 19.6 Å². The molecule has 0 aliphatic carbocycles. The molecule has 1 aromatic carbocycles. The van der Waals surface area contributed by atoms with Gasteiger partial charge in [0.25, 0.3) is 0 Å². The maximum atomic E-state index is 13.1. The molecule has 0 atom stereocenters. The van der Waals surface area contributed by atoms with Crippen LogP contribution in [0.15, 0.2) is 35.4 Å². The zero-order valence-corrected chi connectivity index (χ0v) is 12.0. The average molecular weight is 297 g/mol. The molecular weight excluding hydrogens is 279 g/mol. The Kier molecular flexibility index (Phi) is 4.78. The van der Waals surface area contributed by atoms with Gasteiger partial charge < -0.3 is 4.52 Å². The van der Waals surface area contributed by atoms with Crippen LogP contribution >= 0.6 is 12.4 Å². The first-order chi connectivity index (χ1) is 9.28. The number of hydrogen-bond donors (Lipinski definition) is 0. The van der Waals surface area contributed by atoms with E-state index in [1.54, 1.807) is 6.07 Å². The van der Waals surface area contributed by atoms with Crippen LogP contribution in [0.1, 0.15) is 24.5 Å². The summed E-state index contributed by atoms with van der Waals surface area (Å²) >= 11 is 0. The predicted octanol–water partition coefficient (Wildman–Crippen LogP) is 3.75. The van der Waals surface area contributed by atoms with E-state index in [-0.39, 0.29) is 18.2 Å². The van der Waals surface area contributed by atoms with Crippen molar-refractivity contribution in [3.05, 3.63) is 42.4 Å². The molecule has 1 fully saturated rings. The SMILES string of the molecule is C=CCN1CCC(c2noc3cc(F)ccc23)CC1.Cl. The number of piperidine rings is 1. The van der Waals surface area contributed by atoms with Gasteiger partial charge in [-0.15, -0.1) is 19.0 Å². The summed E-state index contributed by atoms with van der Waals surface area (Å²) in [5.74, 6) is 0.128. The van der Waals surface area contributed by atoms with Gasteiger partial charge in [-0.05, 0) is 38.1 Å². The van der Waals surface area contributed by atoms with E-state index in [1.807, 2.05) is 6.08 Å². The Hall–Kier alpha value is -1.39. The molecule has 20 heavy (non-hydrogen) atoms. The molecule has 0 amide bonds. The molecule has 2 aromatic rings. The van der Waals surface area contributed by atoms with Crippen LogP contribution in [-0.2, 0) is 0 Å². The lowest BCUT2D eigenvalue weighted by molar-refractivity contribution is 0.229. The van der Waals surface area contributed by atoms with Crippen molar-refractivity contribution >= 4 is 23.4 Å². The molecule has 5 heteroatoms. The molecule has 1 saturated heterocycles. The quantitative estimate of drug-likeness (QED) is 0.808. The largest absolute Gasteiger partial charge is 0.356 e. The lowest BCUT2D eigenvalue weighted by Gasteiger charge is -2.30. The van der Waals surface area contributed by atoms with E-state index in [4.69, 9.17) is 4.52 Å². The highest BCUT2D eigenvalue weighted by Crippen LogP contribution is 2.32. The van der Waals surface area contributed by atoms with Gasteiger partial charge in [0.15, 0.2) is 5.58 Å².